The molecule has 0 radical (unpaired) electrons. The van der Waals surface area contributed by atoms with E-state index in [-0.39, 0.29) is 11.4 Å². The number of H-pyrrole nitrogens is 1. The zero-order chi connectivity index (χ0) is 26.3. The van der Waals surface area contributed by atoms with Crippen LogP contribution >= 0.6 is 0 Å². The Labute approximate surface area is 220 Å². The Hall–Kier alpha value is -4.18. The summed E-state index contributed by atoms with van der Waals surface area (Å²) in [5.41, 5.74) is 11.3. The van der Waals surface area contributed by atoms with Gasteiger partial charge in [-0.05, 0) is 54.4 Å². The summed E-state index contributed by atoms with van der Waals surface area (Å²) in [6.07, 6.45) is 2.49. The van der Waals surface area contributed by atoms with E-state index in [1.54, 1.807) is 0 Å². The third-order valence-electron chi connectivity index (χ3n) is 7.94. The van der Waals surface area contributed by atoms with Gasteiger partial charge in [-0.1, -0.05) is 36.4 Å². The molecule has 2 fully saturated rings. The standard InChI is InChI=1S/C28H31N7O3/c1-17-21-7-6-20(12-22(21)34-33-17)19-4-2-18(3-5-19)15-38-25-13-24(31-27(29)32-25)35-10-8-28(9-11-35)14-23(26(36)37)30-16-28/h2-7,12-13,23,30H,8-11,14-16H2,1H3,(H,33,34)(H,36,37)(H2,29,31,32)/t23-/m0/s1. The average molecular weight is 514 g/mol. The van der Waals surface area contributed by atoms with Gasteiger partial charge in [0.1, 0.15) is 18.5 Å². The van der Waals surface area contributed by atoms with Gasteiger partial charge in [0.2, 0.25) is 11.8 Å². The number of anilines is 2. The first-order valence-corrected chi connectivity index (χ1v) is 12.9. The van der Waals surface area contributed by atoms with Crippen LogP contribution in [-0.2, 0) is 11.4 Å². The number of nitrogens with one attached hydrogen (secondary N) is 2. The summed E-state index contributed by atoms with van der Waals surface area (Å²) in [7, 11) is 0. The minimum absolute atomic E-state index is 0.0344. The molecule has 4 heterocycles. The Morgan fingerprint density at radius 1 is 1.13 bits per heavy atom. The van der Waals surface area contributed by atoms with Gasteiger partial charge in [0, 0.05) is 31.1 Å². The van der Waals surface area contributed by atoms with E-state index < -0.39 is 12.0 Å². The number of hydrogen-bond acceptors (Lipinski definition) is 8. The number of ether oxygens (including phenoxy) is 1. The number of hydrogen-bond donors (Lipinski definition) is 4. The molecule has 2 aromatic heterocycles. The second-order valence-corrected chi connectivity index (χ2v) is 10.4. The van der Waals surface area contributed by atoms with Gasteiger partial charge >= 0.3 is 5.97 Å². The van der Waals surface area contributed by atoms with Crippen molar-refractivity contribution >= 4 is 28.6 Å². The lowest BCUT2D eigenvalue weighted by Gasteiger charge is -2.39. The van der Waals surface area contributed by atoms with Crippen LogP contribution in [0, 0.1) is 12.3 Å². The molecule has 38 heavy (non-hydrogen) atoms. The van der Waals surface area contributed by atoms with Crippen LogP contribution in [0.3, 0.4) is 0 Å². The van der Waals surface area contributed by atoms with E-state index in [2.05, 4.69) is 60.7 Å². The summed E-state index contributed by atoms with van der Waals surface area (Å²) in [4.78, 5) is 22.2. The Balaban J connectivity index is 1.09. The molecule has 2 saturated heterocycles. The van der Waals surface area contributed by atoms with Gasteiger partial charge in [-0.2, -0.15) is 15.1 Å². The normalized spacial score (nSPS) is 18.8. The number of aromatic amines is 1. The molecule has 4 aromatic rings. The number of benzene rings is 2. The van der Waals surface area contributed by atoms with E-state index >= 15 is 0 Å². The maximum Gasteiger partial charge on any atom is 0.320 e. The van der Waals surface area contributed by atoms with E-state index in [4.69, 9.17) is 10.5 Å². The summed E-state index contributed by atoms with van der Waals surface area (Å²) >= 11 is 0. The Morgan fingerprint density at radius 2 is 1.89 bits per heavy atom. The maximum absolute atomic E-state index is 11.4. The lowest BCUT2D eigenvalue weighted by atomic mass is 9.76. The second-order valence-electron chi connectivity index (χ2n) is 10.4. The van der Waals surface area contributed by atoms with Crippen molar-refractivity contribution in [2.75, 3.05) is 30.3 Å². The van der Waals surface area contributed by atoms with Crippen LogP contribution in [0.15, 0.2) is 48.5 Å². The van der Waals surface area contributed by atoms with Crippen molar-refractivity contribution in [2.45, 2.75) is 38.8 Å². The molecule has 2 aliphatic rings. The van der Waals surface area contributed by atoms with E-state index in [0.29, 0.717) is 18.9 Å². The van der Waals surface area contributed by atoms with Crippen molar-refractivity contribution in [3.63, 3.8) is 0 Å². The first-order valence-electron chi connectivity index (χ1n) is 12.9. The largest absolute Gasteiger partial charge is 0.480 e. The fourth-order valence-corrected chi connectivity index (χ4v) is 5.64. The van der Waals surface area contributed by atoms with Gasteiger partial charge in [-0.25, -0.2) is 0 Å². The van der Waals surface area contributed by atoms with Gasteiger partial charge < -0.3 is 25.8 Å². The van der Waals surface area contributed by atoms with E-state index in [1.807, 2.05) is 25.1 Å². The molecule has 5 N–H and O–H groups in total. The zero-order valence-electron chi connectivity index (χ0n) is 21.3. The topological polar surface area (TPSA) is 142 Å². The number of fused-ring (bicyclic) bond motifs is 1. The predicted octanol–water partition coefficient (Wildman–Crippen LogP) is 3.52. The molecular weight excluding hydrogens is 482 g/mol. The number of nitrogens with two attached hydrogens (primary N) is 1. The second kappa shape index (κ2) is 9.60. The van der Waals surface area contributed by atoms with Crippen molar-refractivity contribution in [3.8, 4) is 17.0 Å². The first kappa shape index (κ1) is 24.2. The molecule has 1 spiro atoms. The van der Waals surface area contributed by atoms with Crippen LogP contribution in [0.5, 0.6) is 5.88 Å². The minimum Gasteiger partial charge on any atom is -0.480 e. The van der Waals surface area contributed by atoms with Gasteiger partial charge in [0.05, 0.1) is 11.2 Å². The van der Waals surface area contributed by atoms with Crippen LogP contribution in [-0.4, -0.2) is 56.9 Å². The molecule has 0 amide bonds. The third kappa shape index (κ3) is 4.74. The maximum atomic E-state index is 11.4. The number of carboxylic acid groups (broad SMARTS) is 1. The Bertz CT molecular complexity index is 1480. The summed E-state index contributed by atoms with van der Waals surface area (Å²) in [5, 5.41) is 21.0. The minimum atomic E-state index is -0.769. The van der Waals surface area contributed by atoms with Crippen molar-refractivity contribution < 1.29 is 14.6 Å². The van der Waals surface area contributed by atoms with Crippen LogP contribution in [0.2, 0.25) is 0 Å². The van der Waals surface area contributed by atoms with Gasteiger partial charge in [0.25, 0.3) is 0 Å². The fourth-order valence-electron chi connectivity index (χ4n) is 5.64. The first-order chi connectivity index (χ1) is 18.4. The number of aryl methyl sites for hydroxylation is 1. The van der Waals surface area contributed by atoms with Crippen molar-refractivity contribution in [2.24, 2.45) is 5.41 Å². The van der Waals surface area contributed by atoms with Gasteiger partial charge in [-0.3, -0.25) is 9.89 Å². The number of carboxylic acids is 1. The van der Waals surface area contributed by atoms with Crippen LogP contribution in [0.25, 0.3) is 22.0 Å². The highest BCUT2D eigenvalue weighted by molar-refractivity contribution is 5.86. The molecule has 0 unspecified atom stereocenters. The molecule has 2 aliphatic heterocycles. The van der Waals surface area contributed by atoms with E-state index in [1.165, 1.54) is 0 Å². The number of aliphatic carboxylic acids is 1. The molecule has 1 atom stereocenters. The zero-order valence-corrected chi connectivity index (χ0v) is 21.3. The lowest BCUT2D eigenvalue weighted by Crippen LogP contribution is -2.41. The van der Waals surface area contributed by atoms with Crippen LogP contribution in [0.1, 0.15) is 30.5 Å². The van der Waals surface area contributed by atoms with Crippen molar-refractivity contribution in [1.82, 2.24) is 25.5 Å². The number of aromatic nitrogens is 4. The Kier molecular flexibility index (Phi) is 6.11. The predicted molar refractivity (Wildman–Crippen MR) is 145 cm³/mol. The number of nitrogen functional groups attached to an aromatic ring is 1. The average Bonchev–Trinajstić information content (AvgIpc) is 3.51. The number of rotatable bonds is 6. The van der Waals surface area contributed by atoms with Crippen molar-refractivity contribution in [3.05, 3.63) is 59.8 Å². The summed E-state index contributed by atoms with van der Waals surface area (Å²) < 4.78 is 6.00. The molecule has 10 nitrogen and oxygen atoms in total. The molecule has 196 valence electrons. The van der Waals surface area contributed by atoms with Gasteiger partial charge in [0.15, 0.2) is 0 Å². The highest BCUT2D eigenvalue weighted by Gasteiger charge is 2.43. The third-order valence-corrected chi connectivity index (χ3v) is 7.94. The summed E-state index contributed by atoms with van der Waals surface area (Å²) in [6.45, 7) is 4.67. The molecular formula is C28H31N7O3. The van der Waals surface area contributed by atoms with Crippen molar-refractivity contribution in [1.29, 1.82) is 0 Å². The smallest absolute Gasteiger partial charge is 0.320 e. The fraction of sp³-hybridized carbons (Fsp3) is 0.357. The quantitative estimate of drug-likeness (QED) is 0.304. The van der Waals surface area contributed by atoms with Crippen LogP contribution in [0.4, 0.5) is 11.8 Å². The molecule has 2 aromatic carbocycles. The lowest BCUT2D eigenvalue weighted by molar-refractivity contribution is -0.139. The molecule has 10 heteroatoms. The summed E-state index contributed by atoms with van der Waals surface area (Å²) in [5.74, 6) is 0.578. The molecule has 0 aliphatic carbocycles. The van der Waals surface area contributed by atoms with E-state index in [9.17, 15) is 9.90 Å². The molecule has 0 saturated carbocycles. The number of nitrogens with zero attached hydrogens (tertiary/aromatic N) is 4. The van der Waals surface area contributed by atoms with Crippen LogP contribution < -0.4 is 20.7 Å². The molecule has 6 rings (SSSR count). The monoisotopic (exact) mass is 513 g/mol. The highest BCUT2D eigenvalue weighted by atomic mass is 16.5. The SMILES string of the molecule is Cc1n[nH]c2cc(-c3ccc(COc4cc(N5CCC6(CC5)CN[C@H](C(=O)O)C6)nc(N)n4)cc3)ccc12. The number of piperidine rings is 1. The highest BCUT2D eigenvalue weighted by Crippen LogP contribution is 2.40. The molecule has 0 bridgehead atoms. The Morgan fingerprint density at radius 3 is 2.63 bits per heavy atom. The van der Waals surface area contributed by atoms with Gasteiger partial charge in [-0.15, -0.1) is 0 Å². The number of carbonyl (C=O) groups is 1. The van der Waals surface area contributed by atoms with E-state index in [0.717, 1.165) is 71.6 Å². The summed E-state index contributed by atoms with van der Waals surface area (Å²) in [6, 6.07) is 16.0.